The van der Waals surface area contributed by atoms with Crippen LogP contribution in [0.5, 0.6) is 0 Å². The lowest BCUT2D eigenvalue weighted by molar-refractivity contribution is -0.120. The van der Waals surface area contributed by atoms with E-state index in [1.54, 1.807) is 0 Å². The topological polar surface area (TPSA) is 98.8 Å². The standard InChI is InChI=1S/C15H18ClNO6S/c1-10(18)9-23-15(19)11-4-5-13(16)14(7-11)24(20,21)17-8-12-3-2-6-22-12/h4-5,7,12,17H,2-3,6,8-9H2,1H3. The van der Waals surface area contributed by atoms with Crippen LogP contribution in [-0.4, -0.2) is 46.0 Å². The molecule has 1 saturated heterocycles. The second-order valence-corrected chi connectivity index (χ2v) is 7.55. The molecular formula is C15H18ClNO6S. The SMILES string of the molecule is CC(=O)COC(=O)c1ccc(Cl)c(S(=O)(=O)NCC2CCCO2)c1. The number of halogens is 1. The second-order valence-electron chi connectivity index (χ2n) is 5.41. The molecule has 1 fully saturated rings. The van der Waals surface area contributed by atoms with Crippen molar-refractivity contribution in [3.63, 3.8) is 0 Å². The molecule has 1 heterocycles. The van der Waals surface area contributed by atoms with Gasteiger partial charge in [-0.2, -0.15) is 0 Å². The van der Waals surface area contributed by atoms with E-state index >= 15 is 0 Å². The van der Waals surface area contributed by atoms with Gasteiger partial charge >= 0.3 is 5.97 Å². The maximum atomic E-state index is 12.4. The number of hydrogen-bond donors (Lipinski definition) is 1. The summed E-state index contributed by atoms with van der Waals surface area (Å²) in [7, 11) is -3.90. The molecule has 0 saturated carbocycles. The maximum absolute atomic E-state index is 12.4. The monoisotopic (exact) mass is 375 g/mol. The second kappa shape index (κ2) is 8.06. The highest BCUT2D eigenvalue weighted by atomic mass is 35.5. The molecular weight excluding hydrogens is 358 g/mol. The van der Waals surface area contributed by atoms with Gasteiger partial charge in [0.25, 0.3) is 0 Å². The number of rotatable bonds is 7. The van der Waals surface area contributed by atoms with Crippen LogP contribution in [0, 0.1) is 0 Å². The number of ketones is 1. The van der Waals surface area contributed by atoms with Gasteiger partial charge in [-0.05, 0) is 38.0 Å². The zero-order valence-electron chi connectivity index (χ0n) is 13.1. The molecule has 1 aromatic rings. The highest BCUT2D eigenvalue weighted by molar-refractivity contribution is 7.89. The number of carbonyl (C=O) groups is 2. The van der Waals surface area contributed by atoms with E-state index in [4.69, 9.17) is 21.1 Å². The third-order valence-electron chi connectivity index (χ3n) is 3.39. The van der Waals surface area contributed by atoms with Crippen molar-refractivity contribution in [1.29, 1.82) is 0 Å². The predicted molar refractivity (Wildman–Crippen MR) is 86.6 cm³/mol. The van der Waals surface area contributed by atoms with Crippen LogP contribution in [0.2, 0.25) is 5.02 Å². The summed E-state index contributed by atoms with van der Waals surface area (Å²) < 4.78 is 37.4. The number of nitrogens with one attached hydrogen (secondary N) is 1. The summed E-state index contributed by atoms with van der Waals surface area (Å²) >= 11 is 5.95. The van der Waals surface area contributed by atoms with Crippen molar-refractivity contribution in [2.45, 2.75) is 30.8 Å². The van der Waals surface area contributed by atoms with Crippen molar-refractivity contribution in [2.75, 3.05) is 19.8 Å². The van der Waals surface area contributed by atoms with Crippen molar-refractivity contribution < 1.29 is 27.5 Å². The average molecular weight is 376 g/mol. The molecule has 1 atom stereocenters. The van der Waals surface area contributed by atoms with Crippen LogP contribution < -0.4 is 4.72 Å². The Bertz CT molecular complexity index is 727. The van der Waals surface area contributed by atoms with Crippen LogP contribution in [0.25, 0.3) is 0 Å². The summed E-state index contributed by atoms with van der Waals surface area (Å²) in [5.74, 6) is -1.11. The van der Waals surface area contributed by atoms with E-state index in [0.29, 0.717) is 6.61 Å². The molecule has 9 heteroatoms. The quantitative estimate of drug-likeness (QED) is 0.726. The van der Waals surface area contributed by atoms with E-state index < -0.39 is 16.0 Å². The van der Waals surface area contributed by atoms with E-state index in [2.05, 4.69) is 4.72 Å². The molecule has 2 rings (SSSR count). The minimum atomic E-state index is -3.90. The lowest BCUT2D eigenvalue weighted by Crippen LogP contribution is -2.32. The fraction of sp³-hybridized carbons (Fsp3) is 0.467. The Morgan fingerprint density at radius 2 is 2.17 bits per heavy atom. The molecule has 7 nitrogen and oxygen atoms in total. The average Bonchev–Trinajstić information content (AvgIpc) is 3.04. The van der Waals surface area contributed by atoms with Crippen molar-refractivity contribution in [3.05, 3.63) is 28.8 Å². The summed E-state index contributed by atoms with van der Waals surface area (Å²) in [6.45, 7) is 1.66. The zero-order chi connectivity index (χ0) is 17.7. The third-order valence-corrected chi connectivity index (χ3v) is 5.29. The summed E-state index contributed by atoms with van der Waals surface area (Å²) in [4.78, 5) is 22.5. The molecule has 0 aromatic heterocycles. The molecule has 0 bridgehead atoms. The highest BCUT2D eigenvalue weighted by Gasteiger charge is 2.23. The first-order valence-corrected chi connectivity index (χ1v) is 9.23. The molecule has 1 aromatic carbocycles. The van der Waals surface area contributed by atoms with Gasteiger partial charge in [0.1, 0.15) is 11.5 Å². The Morgan fingerprint density at radius 3 is 2.79 bits per heavy atom. The Kier molecular flexibility index (Phi) is 6.34. The largest absolute Gasteiger partial charge is 0.454 e. The first-order valence-electron chi connectivity index (χ1n) is 7.37. The summed E-state index contributed by atoms with van der Waals surface area (Å²) in [5.41, 5.74) is -0.00172. The Hall–Kier alpha value is -1.48. The molecule has 1 unspecified atom stereocenters. The predicted octanol–water partition coefficient (Wildman–Crippen LogP) is 1.54. The number of carbonyl (C=O) groups excluding carboxylic acids is 2. The van der Waals surface area contributed by atoms with Crippen molar-refractivity contribution in [1.82, 2.24) is 4.72 Å². The lowest BCUT2D eigenvalue weighted by Gasteiger charge is -2.13. The van der Waals surface area contributed by atoms with Gasteiger partial charge in [-0.1, -0.05) is 11.6 Å². The lowest BCUT2D eigenvalue weighted by atomic mass is 10.2. The first kappa shape index (κ1) is 18.9. The smallest absolute Gasteiger partial charge is 0.338 e. The number of sulfonamides is 1. The fourth-order valence-corrected chi connectivity index (χ4v) is 3.76. The van der Waals surface area contributed by atoms with Gasteiger partial charge in [0.05, 0.1) is 16.7 Å². The zero-order valence-corrected chi connectivity index (χ0v) is 14.7. The minimum absolute atomic E-state index is 0.00172. The van der Waals surface area contributed by atoms with Gasteiger partial charge in [-0.25, -0.2) is 17.9 Å². The highest BCUT2D eigenvalue weighted by Crippen LogP contribution is 2.23. The minimum Gasteiger partial charge on any atom is -0.454 e. The maximum Gasteiger partial charge on any atom is 0.338 e. The van der Waals surface area contributed by atoms with E-state index in [1.807, 2.05) is 0 Å². The van der Waals surface area contributed by atoms with Crippen LogP contribution in [0.15, 0.2) is 23.1 Å². The van der Waals surface area contributed by atoms with Gasteiger partial charge in [-0.3, -0.25) is 4.79 Å². The van der Waals surface area contributed by atoms with Gasteiger partial charge in [0.2, 0.25) is 10.0 Å². The number of esters is 1. The van der Waals surface area contributed by atoms with E-state index in [-0.39, 0.29) is 40.5 Å². The number of hydrogen-bond acceptors (Lipinski definition) is 6. The number of Topliss-reactive ketones (excluding diaryl/α,β-unsaturated/α-hetero) is 1. The summed E-state index contributed by atoms with van der Waals surface area (Å²) in [6, 6.07) is 3.76. The molecule has 1 aliphatic heterocycles. The van der Waals surface area contributed by atoms with Crippen molar-refractivity contribution >= 4 is 33.4 Å². The van der Waals surface area contributed by atoms with Gasteiger partial charge < -0.3 is 9.47 Å². The van der Waals surface area contributed by atoms with Gasteiger partial charge in [0.15, 0.2) is 5.78 Å². The van der Waals surface area contributed by atoms with Crippen LogP contribution in [0.3, 0.4) is 0 Å². The Morgan fingerprint density at radius 1 is 1.42 bits per heavy atom. The molecule has 0 amide bonds. The van der Waals surface area contributed by atoms with Crippen molar-refractivity contribution in [2.24, 2.45) is 0 Å². The van der Waals surface area contributed by atoms with Crippen LogP contribution in [0.1, 0.15) is 30.1 Å². The van der Waals surface area contributed by atoms with Gasteiger partial charge in [0, 0.05) is 13.2 Å². The van der Waals surface area contributed by atoms with E-state index in [9.17, 15) is 18.0 Å². The van der Waals surface area contributed by atoms with Crippen LogP contribution in [0.4, 0.5) is 0 Å². The van der Waals surface area contributed by atoms with E-state index in [0.717, 1.165) is 18.9 Å². The van der Waals surface area contributed by atoms with Crippen molar-refractivity contribution in [3.8, 4) is 0 Å². The molecule has 0 spiro atoms. The normalized spacial score (nSPS) is 17.7. The molecule has 24 heavy (non-hydrogen) atoms. The number of benzene rings is 1. The third kappa shape index (κ3) is 5.01. The molecule has 132 valence electrons. The Labute approximate surface area is 145 Å². The summed E-state index contributed by atoms with van der Waals surface area (Å²) in [6.07, 6.45) is 1.51. The molecule has 0 aliphatic carbocycles. The van der Waals surface area contributed by atoms with E-state index in [1.165, 1.54) is 19.1 Å². The van der Waals surface area contributed by atoms with Crippen LogP contribution >= 0.6 is 11.6 Å². The summed E-state index contributed by atoms with van der Waals surface area (Å²) in [5, 5.41) is -0.0158. The number of ether oxygens (including phenoxy) is 2. The fourth-order valence-electron chi connectivity index (χ4n) is 2.17. The van der Waals surface area contributed by atoms with Gasteiger partial charge in [-0.15, -0.1) is 0 Å². The first-order chi connectivity index (χ1) is 11.3. The molecule has 1 aliphatic rings. The molecule has 0 radical (unpaired) electrons. The molecule has 1 N–H and O–H groups in total. The Balaban J connectivity index is 2.14. The van der Waals surface area contributed by atoms with Crippen LogP contribution in [-0.2, 0) is 24.3 Å².